The molecule has 1 atom stereocenters. The highest BCUT2D eigenvalue weighted by atomic mass is 16.5. The fourth-order valence-corrected chi connectivity index (χ4v) is 5.63. The van der Waals surface area contributed by atoms with Gasteiger partial charge in [0.05, 0.1) is 0 Å². The third kappa shape index (κ3) is 5.61. The summed E-state index contributed by atoms with van der Waals surface area (Å²) >= 11 is 0. The molecule has 1 aliphatic carbocycles. The molecule has 2 fully saturated rings. The lowest BCUT2D eigenvalue weighted by atomic mass is 10.0. The maximum Gasteiger partial charge on any atom is 0.256 e. The van der Waals surface area contributed by atoms with E-state index < -0.39 is 0 Å². The fraction of sp³-hybridized carbons (Fsp3) is 0.367. The molecule has 1 saturated carbocycles. The summed E-state index contributed by atoms with van der Waals surface area (Å²) in [6.45, 7) is 3.43. The molecule has 10 heteroatoms. The zero-order valence-corrected chi connectivity index (χ0v) is 22.5. The van der Waals surface area contributed by atoms with E-state index in [9.17, 15) is 9.59 Å². The summed E-state index contributed by atoms with van der Waals surface area (Å²) in [7, 11) is 0. The van der Waals surface area contributed by atoms with E-state index in [-0.39, 0.29) is 17.9 Å². The third-order valence-corrected chi connectivity index (χ3v) is 7.70. The molecule has 1 unspecified atom stereocenters. The van der Waals surface area contributed by atoms with E-state index >= 15 is 0 Å². The maximum atomic E-state index is 13.0. The highest BCUT2D eigenvalue weighted by Crippen LogP contribution is 2.34. The summed E-state index contributed by atoms with van der Waals surface area (Å²) in [4.78, 5) is 36.3. The SMILES string of the molecule is Cc1ccnc(NC(=O)c2ccc(Oc3ccnc4[nH]nc(NC5CCCN(C(=O)C6CCCC6)C5)c34)cc2)c1. The lowest BCUT2D eigenvalue weighted by molar-refractivity contribution is -0.136. The van der Waals surface area contributed by atoms with Crippen molar-refractivity contribution >= 4 is 34.5 Å². The molecular weight excluding hydrogens is 506 g/mol. The standard InChI is InChI=1S/C30H33N7O3/c1-19-12-14-31-25(17-19)34-29(38)20-8-10-23(11-9-20)40-24-13-15-32-27-26(24)28(36-35-27)33-22-7-4-16-37(18-22)30(39)21-5-2-3-6-21/h8-15,17,21-22H,2-7,16,18H2,1H3,(H,31,34,38)(H2,32,33,35,36). The first-order valence-corrected chi connectivity index (χ1v) is 13.9. The molecule has 1 saturated heterocycles. The van der Waals surface area contributed by atoms with Crippen LogP contribution < -0.4 is 15.4 Å². The number of anilines is 2. The molecule has 1 aliphatic heterocycles. The van der Waals surface area contributed by atoms with Gasteiger partial charge in [-0.25, -0.2) is 9.97 Å². The van der Waals surface area contributed by atoms with Gasteiger partial charge in [-0.1, -0.05) is 12.8 Å². The Morgan fingerprint density at radius 3 is 2.60 bits per heavy atom. The molecule has 6 rings (SSSR count). The number of piperidine rings is 1. The molecule has 4 aromatic rings. The molecule has 2 aliphatic rings. The van der Waals surface area contributed by atoms with Gasteiger partial charge in [0.25, 0.3) is 5.91 Å². The minimum atomic E-state index is -0.245. The largest absolute Gasteiger partial charge is 0.456 e. The Bertz CT molecular complexity index is 1510. The minimum absolute atomic E-state index is 0.0966. The van der Waals surface area contributed by atoms with Gasteiger partial charge in [-0.3, -0.25) is 14.7 Å². The van der Waals surface area contributed by atoms with Gasteiger partial charge < -0.3 is 20.3 Å². The summed E-state index contributed by atoms with van der Waals surface area (Å²) < 4.78 is 6.23. The number of nitrogens with zero attached hydrogens (tertiary/aromatic N) is 4. The quantitative estimate of drug-likeness (QED) is 0.291. The average Bonchev–Trinajstić information content (AvgIpc) is 3.65. The Hall–Kier alpha value is -4.47. The van der Waals surface area contributed by atoms with E-state index in [1.54, 1.807) is 42.7 Å². The number of nitrogens with one attached hydrogen (secondary N) is 3. The molecule has 206 valence electrons. The number of amides is 2. The summed E-state index contributed by atoms with van der Waals surface area (Å²) in [6, 6.07) is 12.5. The van der Waals surface area contributed by atoms with Crippen LogP contribution in [0.1, 0.15) is 54.4 Å². The zero-order chi connectivity index (χ0) is 27.5. The number of hydrogen-bond donors (Lipinski definition) is 3. The van der Waals surface area contributed by atoms with Crippen LogP contribution in [-0.4, -0.2) is 56.0 Å². The number of fused-ring (bicyclic) bond motifs is 1. The van der Waals surface area contributed by atoms with Gasteiger partial charge in [-0.05, 0) is 74.6 Å². The maximum absolute atomic E-state index is 13.0. The molecule has 0 bridgehead atoms. The van der Waals surface area contributed by atoms with Crippen LogP contribution in [-0.2, 0) is 4.79 Å². The molecule has 0 spiro atoms. The summed E-state index contributed by atoms with van der Waals surface area (Å²) in [5, 5.41) is 14.6. The number of likely N-dealkylation sites (tertiary alicyclic amines) is 1. The predicted octanol–water partition coefficient (Wildman–Crippen LogP) is 5.30. The number of rotatable bonds is 7. The van der Waals surface area contributed by atoms with Crippen molar-refractivity contribution in [3.63, 3.8) is 0 Å². The molecule has 40 heavy (non-hydrogen) atoms. The Morgan fingerprint density at radius 2 is 1.80 bits per heavy atom. The number of carbonyl (C=O) groups excluding carboxylic acids is 2. The highest BCUT2D eigenvalue weighted by molar-refractivity contribution is 6.03. The second kappa shape index (κ2) is 11.3. The number of aromatic nitrogens is 4. The number of benzene rings is 1. The summed E-state index contributed by atoms with van der Waals surface area (Å²) in [6.07, 6.45) is 9.58. The van der Waals surface area contributed by atoms with Crippen molar-refractivity contribution in [2.45, 2.75) is 51.5 Å². The predicted molar refractivity (Wildman–Crippen MR) is 153 cm³/mol. The van der Waals surface area contributed by atoms with Crippen LogP contribution in [0.5, 0.6) is 11.5 Å². The van der Waals surface area contributed by atoms with Gasteiger partial charge in [0, 0.05) is 49.1 Å². The van der Waals surface area contributed by atoms with Gasteiger partial charge in [0.2, 0.25) is 5.91 Å². The van der Waals surface area contributed by atoms with Crippen molar-refractivity contribution in [3.8, 4) is 11.5 Å². The van der Waals surface area contributed by atoms with Crippen LogP contribution in [0.3, 0.4) is 0 Å². The first-order valence-electron chi connectivity index (χ1n) is 13.9. The van der Waals surface area contributed by atoms with E-state index in [1.165, 1.54) is 0 Å². The minimum Gasteiger partial charge on any atom is -0.456 e. The number of ether oxygens (including phenoxy) is 1. The summed E-state index contributed by atoms with van der Waals surface area (Å²) in [5.74, 6) is 2.58. The van der Waals surface area contributed by atoms with Crippen LogP contribution in [0.4, 0.5) is 11.6 Å². The lowest BCUT2D eigenvalue weighted by Gasteiger charge is -2.34. The number of pyridine rings is 2. The molecule has 1 aromatic carbocycles. The Morgan fingerprint density at radius 1 is 1.00 bits per heavy atom. The van der Waals surface area contributed by atoms with Gasteiger partial charge in [-0.15, -0.1) is 0 Å². The van der Waals surface area contributed by atoms with Crippen LogP contribution in [0.25, 0.3) is 11.0 Å². The monoisotopic (exact) mass is 539 g/mol. The van der Waals surface area contributed by atoms with E-state index in [2.05, 4.69) is 30.8 Å². The number of carbonyl (C=O) groups is 2. The zero-order valence-electron chi connectivity index (χ0n) is 22.5. The van der Waals surface area contributed by atoms with Gasteiger partial charge >= 0.3 is 0 Å². The van der Waals surface area contributed by atoms with Crippen molar-refractivity contribution in [2.75, 3.05) is 23.7 Å². The molecule has 0 radical (unpaired) electrons. The molecule has 10 nitrogen and oxygen atoms in total. The number of aromatic amines is 1. The smallest absolute Gasteiger partial charge is 0.256 e. The highest BCUT2D eigenvalue weighted by Gasteiger charge is 2.31. The van der Waals surface area contributed by atoms with Crippen LogP contribution in [0, 0.1) is 12.8 Å². The Balaban J connectivity index is 1.14. The average molecular weight is 540 g/mol. The van der Waals surface area contributed by atoms with Crippen molar-refractivity contribution in [3.05, 3.63) is 66.0 Å². The normalized spacial score (nSPS) is 17.6. The lowest BCUT2D eigenvalue weighted by Crippen LogP contribution is -2.47. The first kappa shape index (κ1) is 25.8. The molecule has 2 amide bonds. The molecular formula is C30H33N7O3. The van der Waals surface area contributed by atoms with E-state index in [1.807, 2.05) is 24.0 Å². The number of hydrogen-bond acceptors (Lipinski definition) is 7. The number of H-pyrrole nitrogens is 1. The third-order valence-electron chi connectivity index (χ3n) is 7.70. The van der Waals surface area contributed by atoms with Crippen molar-refractivity contribution in [2.24, 2.45) is 5.92 Å². The molecule has 4 heterocycles. The van der Waals surface area contributed by atoms with Crippen molar-refractivity contribution in [1.29, 1.82) is 0 Å². The van der Waals surface area contributed by atoms with Gasteiger partial charge in [0.15, 0.2) is 11.5 Å². The van der Waals surface area contributed by atoms with E-state index in [0.29, 0.717) is 46.8 Å². The Kier molecular flexibility index (Phi) is 7.31. The van der Waals surface area contributed by atoms with Crippen LogP contribution in [0.2, 0.25) is 0 Å². The summed E-state index contributed by atoms with van der Waals surface area (Å²) in [5.41, 5.74) is 2.12. The van der Waals surface area contributed by atoms with Crippen LogP contribution >= 0.6 is 0 Å². The molecule has 3 aromatic heterocycles. The fourth-order valence-electron chi connectivity index (χ4n) is 5.63. The first-order chi connectivity index (χ1) is 19.5. The topological polar surface area (TPSA) is 125 Å². The van der Waals surface area contributed by atoms with E-state index in [0.717, 1.165) is 56.0 Å². The second-order valence-corrected chi connectivity index (χ2v) is 10.7. The van der Waals surface area contributed by atoms with Gasteiger partial charge in [0.1, 0.15) is 22.7 Å². The van der Waals surface area contributed by atoms with Crippen molar-refractivity contribution in [1.82, 2.24) is 25.1 Å². The second-order valence-electron chi connectivity index (χ2n) is 10.7. The number of aryl methyl sites for hydroxylation is 1. The van der Waals surface area contributed by atoms with Crippen molar-refractivity contribution < 1.29 is 14.3 Å². The molecule has 3 N–H and O–H groups in total. The van der Waals surface area contributed by atoms with E-state index in [4.69, 9.17) is 4.74 Å². The van der Waals surface area contributed by atoms with Crippen LogP contribution in [0.15, 0.2) is 54.9 Å². The Labute approximate surface area is 232 Å². The van der Waals surface area contributed by atoms with Gasteiger partial charge in [-0.2, -0.15) is 5.10 Å².